The third-order valence-electron chi connectivity index (χ3n) is 6.65. The van der Waals surface area contributed by atoms with E-state index in [0.717, 1.165) is 61.3 Å². The van der Waals surface area contributed by atoms with E-state index in [2.05, 4.69) is 69.0 Å². The summed E-state index contributed by atoms with van der Waals surface area (Å²) in [6.07, 6.45) is 3.45. The molecule has 0 radical (unpaired) electrons. The van der Waals surface area contributed by atoms with Crippen LogP contribution in [-0.4, -0.2) is 37.1 Å². The van der Waals surface area contributed by atoms with Crippen LogP contribution >= 0.6 is 0 Å². The van der Waals surface area contributed by atoms with Gasteiger partial charge in [-0.2, -0.15) is 0 Å². The van der Waals surface area contributed by atoms with Crippen LogP contribution in [0.25, 0.3) is 11.1 Å². The Labute approximate surface area is 222 Å². The van der Waals surface area contributed by atoms with Crippen molar-refractivity contribution in [3.05, 3.63) is 95.6 Å². The summed E-state index contributed by atoms with van der Waals surface area (Å²) >= 11 is 0. The van der Waals surface area contributed by atoms with Crippen LogP contribution in [0.2, 0.25) is 0 Å². The number of hydrogen-bond acceptors (Lipinski definition) is 4. The first kappa shape index (κ1) is 28.2. The molecule has 0 aromatic heterocycles. The number of ether oxygens (including phenoxy) is 2. The number of rotatable bonds is 14. The SMILES string of the molecule is CCCCCC(=O)Oc1ccc(/C(=C(\C)c2ccccc2)c2ccc(OCCN(CC)CC)cc2)cc1. The number of nitrogens with zero attached hydrogens (tertiary/aromatic N) is 1. The fourth-order valence-corrected chi connectivity index (χ4v) is 4.37. The average Bonchev–Trinajstić information content (AvgIpc) is 2.93. The van der Waals surface area contributed by atoms with Crippen molar-refractivity contribution in [2.45, 2.75) is 53.4 Å². The van der Waals surface area contributed by atoms with Crippen LogP contribution in [0.1, 0.15) is 70.1 Å². The lowest BCUT2D eigenvalue weighted by Crippen LogP contribution is -2.27. The van der Waals surface area contributed by atoms with Gasteiger partial charge in [-0.15, -0.1) is 0 Å². The summed E-state index contributed by atoms with van der Waals surface area (Å²) < 4.78 is 11.6. The molecule has 0 saturated heterocycles. The molecular weight excluding hydrogens is 458 g/mol. The van der Waals surface area contributed by atoms with Crippen molar-refractivity contribution in [3.8, 4) is 11.5 Å². The van der Waals surface area contributed by atoms with Gasteiger partial charge >= 0.3 is 5.97 Å². The topological polar surface area (TPSA) is 38.8 Å². The first-order chi connectivity index (χ1) is 18.0. The van der Waals surface area contributed by atoms with Crippen molar-refractivity contribution in [1.82, 2.24) is 4.90 Å². The average molecular weight is 500 g/mol. The first-order valence-corrected chi connectivity index (χ1v) is 13.6. The Morgan fingerprint density at radius 3 is 1.89 bits per heavy atom. The summed E-state index contributed by atoms with van der Waals surface area (Å²) in [6.45, 7) is 12.3. The molecule has 4 heteroatoms. The molecule has 0 fully saturated rings. The van der Waals surface area contributed by atoms with Gasteiger partial charge in [0.25, 0.3) is 0 Å². The molecule has 4 nitrogen and oxygen atoms in total. The zero-order valence-electron chi connectivity index (χ0n) is 22.8. The minimum atomic E-state index is -0.172. The number of unbranched alkanes of at least 4 members (excludes halogenated alkanes) is 2. The number of benzene rings is 3. The van der Waals surface area contributed by atoms with Gasteiger partial charge in [0.1, 0.15) is 18.1 Å². The fourth-order valence-electron chi connectivity index (χ4n) is 4.37. The van der Waals surface area contributed by atoms with Gasteiger partial charge in [-0.25, -0.2) is 0 Å². The zero-order chi connectivity index (χ0) is 26.5. The van der Waals surface area contributed by atoms with Gasteiger partial charge < -0.3 is 14.4 Å². The van der Waals surface area contributed by atoms with E-state index in [9.17, 15) is 4.79 Å². The minimum Gasteiger partial charge on any atom is -0.492 e. The molecule has 3 rings (SSSR count). The lowest BCUT2D eigenvalue weighted by Gasteiger charge is -2.18. The van der Waals surface area contributed by atoms with E-state index in [0.29, 0.717) is 18.8 Å². The number of hydrogen-bond donors (Lipinski definition) is 0. The number of allylic oxidation sites excluding steroid dienone is 1. The van der Waals surface area contributed by atoms with E-state index in [4.69, 9.17) is 9.47 Å². The highest BCUT2D eigenvalue weighted by atomic mass is 16.5. The van der Waals surface area contributed by atoms with Crippen molar-refractivity contribution in [1.29, 1.82) is 0 Å². The molecule has 196 valence electrons. The predicted octanol–water partition coefficient (Wildman–Crippen LogP) is 7.87. The fraction of sp³-hybridized carbons (Fsp3) is 0.364. The molecule has 3 aromatic carbocycles. The van der Waals surface area contributed by atoms with Crippen LogP contribution in [0.15, 0.2) is 78.9 Å². The monoisotopic (exact) mass is 499 g/mol. The molecule has 0 heterocycles. The Hall–Kier alpha value is -3.37. The smallest absolute Gasteiger partial charge is 0.311 e. The minimum absolute atomic E-state index is 0.172. The molecule has 0 bridgehead atoms. The molecule has 0 aliphatic rings. The van der Waals surface area contributed by atoms with Crippen molar-refractivity contribution >= 4 is 17.1 Å². The van der Waals surface area contributed by atoms with Crippen molar-refractivity contribution < 1.29 is 14.3 Å². The summed E-state index contributed by atoms with van der Waals surface area (Å²) in [7, 11) is 0. The van der Waals surface area contributed by atoms with Crippen LogP contribution in [0, 0.1) is 0 Å². The Morgan fingerprint density at radius 1 is 0.730 bits per heavy atom. The van der Waals surface area contributed by atoms with Gasteiger partial charge in [-0.05, 0) is 78.5 Å². The Morgan fingerprint density at radius 2 is 1.32 bits per heavy atom. The van der Waals surface area contributed by atoms with Gasteiger partial charge in [0.05, 0.1) is 0 Å². The quantitative estimate of drug-likeness (QED) is 0.0979. The van der Waals surface area contributed by atoms with Gasteiger partial charge in [0.15, 0.2) is 0 Å². The van der Waals surface area contributed by atoms with Gasteiger partial charge in [-0.1, -0.05) is 88.2 Å². The molecule has 0 aliphatic heterocycles. The van der Waals surface area contributed by atoms with Gasteiger partial charge in [0, 0.05) is 13.0 Å². The van der Waals surface area contributed by atoms with E-state index in [1.54, 1.807) is 0 Å². The van der Waals surface area contributed by atoms with E-state index < -0.39 is 0 Å². The molecule has 37 heavy (non-hydrogen) atoms. The van der Waals surface area contributed by atoms with E-state index >= 15 is 0 Å². The molecule has 0 saturated carbocycles. The van der Waals surface area contributed by atoms with E-state index in [1.165, 1.54) is 11.1 Å². The molecular formula is C33H41NO3. The molecule has 0 spiro atoms. The highest BCUT2D eigenvalue weighted by molar-refractivity contribution is 5.98. The summed E-state index contributed by atoms with van der Waals surface area (Å²) in [4.78, 5) is 14.5. The second-order valence-electron chi connectivity index (χ2n) is 9.22. The van der Waals surface area contributed by atoms with Crippen LogP contribution < -0.4 is 9.47 Å². The Bertz CT molecular complexity index is 1110. The number of carbonyl (C=O) groups is 1. The lowest BCUT2D eigenvalue weighted by atomic mass is 9.90. The van der Waals surface area contributed by atoms with E-state index in [-0.39, 0.29) is 5.97 Å². The number of esters is 1. The third kappa shape index (κ3) is 8.61. The Balaban J connectivity index is 1.82. The molecule has 0 atom stereocenters. The Kier molecular flexibility index (Phi) is 11.4. The molecule has 3 aromatic rings. The maximum absolute atomic E-state index is 12.2. The molecule has 0 aliphatic carbocycles. The van der Waals surface area contributed by atoms with E-state index in [1.807, 2.05) is 42.5 Å². The summed E-state index contributed by atoms with van der Waals surface area (Å²) in [5.41, 5.74) is 5.68. The normalized spacial score (nSPS) is 11.8. The zero-order valence-corrected chi connectivity index (χ0v) is 22.8. The summed E-state index contributed by atoms with van der Waals surface area (Å²) in [5, 5.41) is 0. The maximum Gasteiger partial charge on any atom is 0.311 e. The molecule has 0 N–H and O–H groups in total. The summed E-state index contributed by atoms with van der Waals surface area (Å²) in [5.74, 6) is 1.28. The maximum atomic E-state index is 12.2. The number of carbonyl (C=O) groups excluding carboxylic acids is 1. The van der Waals surface area contributed by atoms with Gasteiger partial charge in [0.2, 0.25) is 0 Å². The summed E-state index contributed by atoms with van der Waals surface area (Å²) in [6, 6.07) is 26.6. The van der Waals surface area contributed by atoms with Gasteiger partial charge in [-0.3, -0.25) is 4.79 Å². The van der Waals surface area contributed by atoms with Crippen LogP contribution in [-0.2, 0) is 4.79 Å². The van der Waals surface area contributed by atoms with Crippen LogP contribution in [0.5, 0.6) is 11.5 Å². The first-order valence-electron chi connectivity index (χ1n) is 13.6. The second-order valence-corrected chi connectivity index (χ2v) is 9.22. The highest BCUT2D eigenvalue weighted by Gasteiger charge is 2.13. The largest absolute Gasteiger partial charge is 0.492 e. The molecule has 0 amide bonds. The lowest BCUT2D eigenvalue weighted by molar-refractivity contribution is -0.134. The molecule has 0 unspecified atom stereocenters. The van der Waals surface area contributed by atoms with Crippen LogP contribution in [0.3, 0.4) is 0 Å². The van der Waals surface area contributed by atoms with Crippen molar-refractivity contribution in [3.63, 3.8) is 0 Å². The second kappa shape index (κ2) is 15.0. The highest BCUT2D eigenvalue weighted by Crippen LogP contribution is 2.33. The van der Waals surface area contributed by atoms with Crippen molar-refractivity contribution in [2.24, 2.45) is 0 Å². The van der Waals surface area contributed by atoms with Crippen LogP contribution in [0.4, 0.5) is 0 Å². The third-order valence-corrected chi connectivity index (χ3v) is 6.65. The predicted molar refractivity (Wildman–Crippen MR) is 154 cm³/mol. The standard InChI is InChI=1S/C33H41NO3/c1-5-8-10-15-32(35)37-31-22-18-29(19-23-31)33(26(4)27-13-11-9-12-14-27)28-16-20-30(21-17-28)36-25-24-34(6-2)7-3/h9,11-14,16-23H,5-8,10,15,24-25H2,1-4H3/b33-26+. The number of likely N-dealkylation sites (N-methyl/N-ethyl adjacent to an activating group) is 1. The van der Waals surface area contributed by atoms with Crippen molar-refractivity contribution in [2.75, 3.05) is 26.2 Å².